The fourth-order valence-electron chi connectivity index (χ4n) is 5.04. The molecule has 0 radical (unpaired) electrons. The number of anilines is 1. The molecule has 0 aromatic heterocycles. The zero-order chi connectivity index (χ0) is 31.7. The van der Waals surface area contributed by atoms with Crippen molar-refractivity contribution in [3.05, 3.63) is 108 Å². The summed E-state index contributed by atoms with van der Waals surface area (Å²) >= 11 is 0. The van der Waals surface area contributed by atoms with Gasteiger partial charge in [-0.25, -0.2) is 4.79 Å². The van der Waals surface area contributed by atoms with Crippen molar-refractivity contribution in [2.75, 3.05) is 11.9 Å². The minimum absolute atomic E-state index is 0.111. The summed E-state index contributed by atoms with van der Waals surface area (Å²) in [6, 6.07) is 27.1. The first-order valence-electron chi connectivity index (χ1n) is 15.0. The van der Waals surface area contributed by atoms with Gasteiger partial charge in [0.15, 0.2) is 0 Å². The van der Waals surface area contributed by atoms with Crippen LogP contribution in [0.2, 0.25) is 0 Å². The average Bonchev–Trinajstić information content (AvgIpc) is 2.98. The van der Waals surface area contributed by atoms with Gasteiger partial charge in [0.1, 0.15) is 23.4 Å². The van der Waals surface area contributed by atoms with Crippen molar-refractivity contribution >= 4 is 34.4 Å². The molecule has 44 heavy (non-hydrogen) atoms. The molecule has 2 unspecified atom stereocenters. The predicted molar refractivity (Wildman–Crippen MR) is 173 cm³/mol. The van der Waals surface area contributed by atoms with E-state index in [-0.39, 0.29) is 24.3 Å². The molecule has 4 rings (SSSR count). The highest BCUT2D eigenvalue weighted by Gasteiger charge is 2.37. The van der Waals surface area contributed by atoms with Crippen LogP contribution in [0.5, 0.6) is 5.75 Å². The normalized spacial score (nSPS) is 12.6. The maximum atomic E-state index is 14.5. The molecule has 0 fully saturated rings. The molecule has 8 heteroatoms. The van der Waals surface area contributed by atoms with Crippen LogP contribution in [0.1, 0.15) is 57.7 Å². The number of benzene rings is 4. The van der Waals surface area contributed by atoms with Crippen molar-refractivity contribution < 1.29 is 24.2 Å². The summed E-state index contributed by atoms with van der Waals surface area (Å²) in [5.74, 6) is -1.06. The Balaban J connectivity index is 1.74. The Hall–Kier alpha value is -4.85. The van der Waals surface area contributed by atoms with Gasteiger partial charge in [0.25, 0.3) is 5.91 Å². The zero-order valence-corrected chi connectivity index (χ0v) is 25.7. The van der Waals surface area contributed by atoms with E-state index in [2.05, 4.69) is 10.6 Å². The molecule has 0 saturated carbocycles. The Bertz CT molecular complexity index is 1580. The number of carbonyl (C=O) groups is 3. The molecule has 0 bridgehead atoms. The number of amides is 3. The van der Waals surface area contributed by atoms with Crippen LogP contribution in [-0.2, 0) is 20.7 Å². The van der Waals surface area contributed by atoms with Crippen LogP contribution in [0, 0.1) is 0 Å². The summed E-state index contributed by atoms with van der Waals surface area (Å²) in [5, 5.41) is 18.6. The summed E-state index contributed by atoms with van der Waals surface area (Å²) < 4.78 is 5.50. The molecule has 4 aromatic carbocycles. The fraction of sp³-hybridized carbons (Fsp3) is 0.306. The van der Waals surface area contributed by atoms with E-state index in [9.17, 15) is 19.5 Å². The quantitative estimate of drug-likeness (QED) is 0.173. The highest BCUT2D eigenvalue weighted by molar-refractivity contribution is 6.00. The third-order valence-electron chi connectivity index (χ3n) is 7.12. The van der Waals surface area contributed by atoms with E-state index in [1.165, 1.54) is 11.0 Å². The first-order valence-corrected chi connectivity index (χ1v) is 15.0. The van der Waals surface area contributed by atoms with Gasteiger partial charge in [0.05, 0.1) is 0 Å². The van der Waals surface area contributed by atoms with E-state index in [1.54, 1.807) is 39.0 Å². The molecule has 3 N–H and O–H groups in total. The number of para-hydroxylation sites is 1. The number of alkyl carbamates (subject to hydrolysis) is 1. The van der Waals surface area contributed by atoms with Crippen LogP contribution in [0.4, 0.5) is 10.5 Å². The Morgan fingerprint density at radius 1 is 0.864 bits per heavy atom. The SMILES string of the molecule is CCCCN(C(=O)C(Cc1ccccc1)NC(=O)OC(C)(C)C)C(C(=O)Nc1ccc2ccccc2c1)c1ccccc1O. The number of hydrogen-bond donors (Lipinski definition) is 3. The fourth-order valence-corrected chi connectivity index (χ4v) is 5.04. The van der Waals surface area contributed by atoms with E-state index in [0.29, 0.717) is 12.1 Å². The largest absolute Gasteiger partial charge is 0.508 e. The molecule has 230 valence electrons. The second kappa shape index (κ2) is 14.6. The van der Waals surface area contributed by atoms with Gasteiger partial charge in [-0.2, -0.15) is 0 Å². The maximum Gasteiger partial charge on any atom is 0.408 e. The number of fused-ring (bicyclic) bond motifs is 1. The van der Waals surface area contributed by atoms with Crippen LogP contribution in [-0.4, -0.2) is 46.1 Å². The van der Waals surface area contributed by atoms with Gasteiger partial charge >= 0.3 is 6.09 Å². The van der Waals surface area contributed by atoms with Crippen LogP contribution in [0.15, 0.2) is 97.1 Å². The molecule has 0 saturated heterocycles. The van der Waals surface area contributed by atoms with Gasteiger partial charge in [-0.05, 0) is 61.7 Å². The van der Waals surface area contributed by atoms with Crippen LogP contribution in [0.25, 0.3) is 10.8 Å². The first kappa shape index (κ1) is 32.1. The lowest BCUT2D eigenvalue weighted by atomic mass is 9.99. The number of ether oxygens (including phenoxy) is 1. The van der Waals surface area contributed by atoms with Gasteiger partial charge in [0.2, 0.25) is 5.91 Å². The van der Waals surface area contributed by atoms with Crippen molar-refractivity contribution in [2.24, 2.45) is 0 Å². The van der Waals surface area contributed by atoms with Crippen molar-refractivity contribution in [1.82, 2.24) is 10.2 Å². The highest BCUT2D eigenvalue weighted by Crippen LogP contribution is 2.32. The molecule has 0 aliphatic rings. The molecule has 0 aliphatic carbocycles. The number of rotatable bonds is 11. The van der Waals surface area contributed by atoms with E-state index < -0.39 is 35.6 Å². The standard InChI is InChI=1S/C36H41N3O5/c1-5-6-22-39(34(42)30(23-25-14-8-7-9-15-25)38-35(43)44-36(2,3)4)32(29-18-12-13-19-31(29)40)33(41)37-28-21-20-26-16-10-11-17-27(26)24-28/h7-21,24,30,32,40H,5-6,22-23H2,1-4H3,(H,37,41)(H,38,43). The summed E-state index contributed by atoms with van der Waals surface area (Å²) in [6.45, 7) is 7.46. The van der Waals surface area contributed by atoms with Gasteiger partial charge < -0.3 is 25.4 Å². The minimum atomic E-state index is -1.18. The number of unbranched alkanes of at least 4 members (excludes halogenated alkanes) is 1. The zero-order valence-electron chi connectivity index (χ0n) is 25.7. The first-order chi connectivity index (χ1) is 21.1. The molecule has 2 atom stereocenters. The topological polar surface area (TPSA) is 108 Å². The smallest absolute Gasteiger partial charge is 0.408 e. The Morgan fingerprint density at radius 3 is 2.20 bits per heavy atom. The Morgan fingerprint density at radius 2 is 1.52 bits per heavy atom. The van der Waals surface area contributed by atoms with E-state index in [1.807, 2.05) is 79.7 Å². The van der Waals surface area contributed by atoms with Crippen LogP contribution in [0.3, 0.4) is 0 Å². The molecule has 3 amide bonds. The number of nitrogens with one attached hydrogen (secondary N) is 2. The molecule has 0 aliphatic heterocycles. The van der Waals surface area contributed by atoms with Crippen molar-refractivity contribution in [3.8, 4) is 5.75 Å². The molecular weight excluding hydrogens is 554 g/mol. The number of carbonyl (C=O) groups excluding carboxylic acids is 3. The van der Waals surface area contributed by atoms with Gasteiger partial charge in [-0.1, -0.05) is 92.2 Å². The lowest BCUT2D eigenvalue weighted by molar-refractivity contribution is -0.140. The summed E-state index contributed by atoms with van der Waals surface area (Å²) in [4.78, 5) is 43.1. The maximum absolute atomic E-state index is 14.5. The van der Waals surface area contributed by atoms with Crippen molar-refractivity contribution in [2.45, 2.75) is 64.6 Å². The minimum Gasteiger partial charge on any atom is -0.508 e. The second-order valence-electron chi connectivity index (χ2n) is 11.8. The van der Waals surface area contributed by atoms with Gasteiger partial charge in [0, 0.05) is 24.2 Å². The molecule has 0 spiro atoms. The molecule has 4 aromatic rings. The summed E-state index contributed by atoms with van der Waals surface area (Å²) in [5.41, 5.74) is 0.900. The lowest BCUT2D eigenvalue weighted by Crippen LogP contribution is -2.53. The second-order valence-corrected chi connectivity index (χ2v) is 11.8. The predicted octanol–water partition coefficient (Wildman–Crippen LogP) is 6.99. The third-order valence-corrected chi connectivity index (χ3v) is 7.12. The number of aromatic hydroxyl groups is 1. The Labute approximate surface area is 259 Å². The van der Waals surface area contributed by atoms with Crippen molar-refractivity contribution in [1.29, 1.82) is 0 Å². The average molecular weight is 596 g/mol. The van der Waals surface area contributed by atoms with Crippen LogP contribution < -0.4 is 10.6 Å². The summed E-state index contributed by atoms with van der Waals surface area (Å²) in [7, 11) is 0. The summed E-state index contributed by atoms with van der Waals surface area (Å²) in [6.07, 6.45) is 0.805. The number of phenolic OH excluding ortho intramolecular Hbond substituents is 1. The number of phenols is 1. The van der Waals surface area contributed by atoms with Gasteiger partial charge in [-0.3, -0.25) is 9.59 Å². The van der Waals surface area contributed by atoms with Crippen molar-refractivity contribution in [3.63, 3.8) is 0 Å². The lowest BCUT2D eigenvalue weighted by Gasteiger charge is -2.35. The Kier molecular flexibility index (Phi) is 10.6. The van der Waals surface area contributed by atoms with E-state index in [0.717, 1.165) is 22.8 Å². The number of nitrogens with zero attached hydrogens (tertiary/aromatic N) is 1. The highest BCUT2D eigenvalue weighted by atomic mass is 16.6. The molecular formula is C36H41N3O5. The monoisotopic (exact) mass is 595 g/mol. The third kappa shape index (κ3) is 8.60. The molecule has 8 nitrogen and oxygen atoms in total. The van der Waals surface area contributed by atoms with E-state index >= 15 is 0 Å². The molecule has 0 heterocycles. The van der Waals surface area contributed by atoms with Gasteiger partial charge in [-0.15, -0.1) is 0 Å². The van der Waals surface area contributed by atoms with E-state index in [4.69, 9.17) is 4.74 Å². The van der Waals surface area contributed by atoms with Crippen LogP contribution >= 0.6 is 0 Å². The number of hydrogen-bond acceptors (Lipinski definition) is 5.